The van der Waals surface area contributed by atoms with Crippen molar-refractivity contribution < 1.29 is 14.3 Å². The van der Waals surface area contributed by atoms with Crippen LogP contribution in [0, 0.1) is 0 Å². The summed E-state index contributed by atoms with van der Waals surface area (Å²) in [6.45, 7) is 3.02. The molecule has 0 unspecified atom stereocenters. The first-order valence-electron chi connectivity index (χ1n) is 10.4. The Morgan fingerprint density at radius 3 is 2.04 bits per heavy atom. The molecule has 0 radical (unpaired) electrons. The van der Waals surface area contributed by atoms with Crippen molar-refractivity contribution in [3.05, 3.63) is 12.2 Å². The normalized spacial score (nSPS) is 14.4. The number of nitrogens with zero attached hydrogens (tertiary/aromatic N) is 1. The van der Waals surface area contributed by atoms with Crippen LogP contribution >= 0.6 is 0 Å². The van der Waals surface area contributed by atoms with E-state index in [1.165, 1.54) is 75.5 Å². The SMILES string of the molecule is CCCCCCCCC=CCCCCCCCC(=O)N1CCOC1=O. The summed E-state index contributed by atoms with van der Waals surface area (Å²) < 4.78 is 4.77. The van der Waals surface area contributed by atoms with Gasteiger partial charge in [0.1, 0.15) is 6.61 Å². The molecule has 1 aliphatic heterocycles. The Labute approximate surface area is 154 Å². The molecule has 1 heterocycles. The highest BCUT2D eigenvalue weighted by molar-refractivity contribution is 5.92. The van der Waals surface area contributed by atoms with Crippen molar-refractivity contribution in [3.8, 4) is 0 Å². The van der Waals surface area contributed by atoms with Crippen LogP contribution in [0.3, 0.4) is 0 Å². The molecule has 1 fully saturated rings. The summed E-state index contributed by atoms with van der Waals surface area (Å²) in [5.41, 5.74) is 0. The van der Waals surface area contributed by atoms with Crippen LogP contribution in [0.4, 0.5) is 4.79 Å². The zero-order valence-electron chi connectivity index (χ0n) is 16.1. The number of ether oxygens (including phenoxy) is 1. The first kappa shape index (κ1) is 21.7. The monoisotopic (exact) mass is 351 g/mol. The summed E-state index contributed by atoms with van der Waals surface area (Å²) in [6, 6.07) is 0. The van der Waals surface area contributed by atoms with Gasteiger partial charge in [0.15, 0.2) is 0 Å². The van der Waals surface area contributed by atoms with E-state index in [2.05, 4.69) is 19.1 Å². The van der Waals surface area contributed by atoms with Crippen molar-refractivity contribution in [2.75, 3.05) is 13.2 Å². The fraction of sp³-hybridized carbons (Fsp3) is 0.810. The molecule has 0 aliphatic carbocycles. The average Bonchev–Trinajstić information content (AvgIpc) is 3.04. The van der Waals surface area contributed by atoms with Gasteiger partial charge in [0.05, 0.1) is 6.54 Å². The molecule has 0 saturated carbocycles. The summed E-state index contributed by atoms with van der Waals surface area (Å²) in [5.74, 6) is -0.0832. The maximum Gasteiger partial charge on any atom is 0.416 e. The number of rotatable bonds is 15. The van der Waals surface area contributed by atoms with Crippen LogP contribution in [-0.4, -0.2) is 30.1 Å². The molecule has 1 aliphatic rings. The second-order valence-corrected chi connectivity index (χ2v) is 6.99. The Kier molecular flexibility index (Phi) is 13.0. The minimum Gasteiger partial charge on any atom is -0.447 e. The molecule has 0 aromatic rings. The van der Waals surface area contributed by atoms with E-state index in [0.717, 1.165) is 12.8 Å². The standard InChI is InChI=1S/C21H37NO3/c1-2-3-4-5-6-7-8-9-10-11-12-13-14-15-16-17-20(23)22-18-19-25-21(22)24/h9-10H,2-8,11-19H2,1H3. The first-order valence-corrected chi connectivity index (χ1v) is 10.4. The minimum atomic E-state index is -0.474. The smallest absolute Gasteiger partial charge is 0.416 e. The van der Waals surface area contributed by atoms with Crippen molar-refractivity contribution in [1.82, 2.24) is 4.90 Å². The van der Waals surface area contributed by atoms with Crippen molar-refractivity contribution in [2.24, 2.45) is 0 Å². The van der Waals surface area contributed by atoms with Gasteiger partial charge in [-0.15, -0.1) is 0 Å². The molecular formula is C21H37NO3. The largest absolute Gasteiger partial charge is 0.447 e. The van der Waals surface area contributed by atoms with Crippen LogP contribution in [0.25, 0.3) is 0 Å². The third kappa shape index (κ3) is 11.0. The van der Waals surface area contributed by atoms with Gasteiger partial charge in [0.25, 0.3) is 0 Å². The molecule has 0 spiro atoms. The molecule has 144 valence electrons. The number of imide groups is 1. The van der Waals surface area contributed by atoms with Gasteiger partial charge in [0.2, 0.25) is 5.91 Å². The summed E-state index contributed by atoms with van der Waals surface area (Å²) in [6.07, 6.45) is 20.8. The van der Waals surface area contributed by atoms with Crippen LogP contribution in [0.2, 0.25) is 0 Å². The maximum atomic E-state index is 11.8. The number of carbonyl (C=O) groups is 2. The van der Waals surface area contributed by atoms with Crippen molar-refractivity contribution in [1.29, 1.82) is 0 Å². The molecule has 0 bridgehead atoms. The van der Waals surface area contributed by atoms with Gasteiger partial charge in [-0.3, -0.25) is 4.79 Å². The molecule has 0 aromatic heterocycles. The minimum absolute atomic E-state index is 0.0832. The van der Waals surface area contributed by atoms with Crippen molar-refractivity contribution in [2.45, 2.75) is 96.8 Å². The predicted molar refractivity (Wildman–Crippen MR) is 103 cm³/mol. The Balaban J connectivity index is 1.82. The number of unbranched alkanes of at least 4 members (excludes halogenated alkanes) is 11. The van der Waals surface area contributed by atoms with Gasteiger partial charge >= 0.3 is 6.09 Å². The lowest BCUT2D eigenvalue weighted by molar-refractivity contribution is -0.127. The van der Waals surface area contributed by atoms with E-state index in [-0.39, 0.29) is 5.91 Å². The van der Waals surface area contributed by atoms with E-state index in [1.54, 1.807) is 0 Å². The van der Waals surface area contributed by atoms with E-state index >= 15 is 0 Å². The highest BCUT2D eigenvalue weighted by atomic mass is 16.6. The second kappa shape index (κ2) is 15.0. The molecule has 1 rings (SSSR count). The quantitative estimate of drug-likeness (QED) is 0.268. The molecule has 0 N–H and O–H groups in total. The van der Waals surface area contributed by atoms with E-state index in [1.807, 2.05) is 0 Å². The van der Waals surface area contributed by atoms with Crippen LogP contribution < -0.4 is 0 Å². The molecule has 25 heavy (non-hydrogen) atoms. The third-order valence-corrected chi connectivity index (χ3v) is 4.71. The van der Waals surface area contributed by atoms with Crippen LogP contribution in [0.1, 0.15) is 96.8 Å². The molecule has 1 saturated heterocycles. The zero-order valence-corrected chi connectivity index (χ0v) is 16.1. The maximum absolute atomic E-state index is 11.8. The zero-order chi connectivity index (χ0) is 18.2. The highest BCUT2D eigenvalue weighted by Crippen LogP contribution is 2.12. The third-order valence-electron chi connectivity index (χ3n) is 4.71. The second-order valence-electron chi connectivity index (χ2n) is 6.99. The van der Waals surface area contributed by atoms with Crippen molar-refractivity contribution >= 4 is 12.0 Å². The van der Waals surface area contributed by atoms with E-state index in [9.17, 15) is 9.59 Å². The van der Waals surface area contributed by atoms with E-state index in [0.29, 0.717) is 19.6 Å². The van der Waals surface area contributed by atoms with Gasteiger partial charge < -0.3 is 4.74 Å². The van der Waals surface area contributed by atoms with Crippen LogP contribution in [-0.2, 0) is 9.53 Å². The fourth-order valence-electron chi connectivity index (χ4n) is 3.10. The molecule has 2 amide bonds. The van der Waals surface area contributed by atoms with E-state index < -0.39 is 6.09 Å². The van der Waals surface area contributed by atoms with Gasteiger partial charge in [-0.2, -0.15) is 0 Å². The number of allylic oxidation sites excluding steroid dienone is 2. The van der Waals surface area contributed by atoms with Crippen molar-refractivity contribution in [3.63, 3.8) is 0 Å². The predicted octanol–water partition coefficient (Wildman–Crippen LogP) is 6.00. The van der Waals surface area contributed by atoms with Gasteiger partial charge in [0, 0.05) is 6.42 Å². The Morgan fingerprint density at radius 1 is 0.920 bits per heavy atom. The lowest BCUT2D eigenvalue weighted by atomic mass is 10.1. The highest BCUT2D eigenvalue weighted by Gasteiger charge is 2.27. The number of cyclic esters (lactones) is 1. The van der Waals surface area contributed by atoms with Crippen LogP contribution in [0.5, 0.6) is 0 Å². The lowest BCUT2D eigenvalue weighted by Crippen LogP contribution is -2.31. The van der Waals surface area contributed by atoms with Gasteiger partial charge in [-0.05, 0) is 32.1 Å². The number of hydrogen-bond acceptors (Lipinski definition) is 3. The summed E-state index contributed by atoms with van der Waals surface area (Å²) >= 11 is 0. The molecule has 4 nitrogen and oxygen atoms in total. The van der Waals surface area contributed by atoms with Crippen LogP contribution in [0.15, 0.2) is 12.2 Å². The van der Waals surface area contributed by atoms with E-state index in [4.69, 9.17) is 4.74 Å². The molecular weight excluding hydrogens is 314 g/mol. The average molecular weight is 352 g/mol. The Bertz CT molecular complexity index is 393. The number of hydrogen-bond donors (Lipinski definition) is 0. The first-order chi connectivity index (χ1) is 12.3. The number of amides is 2. The lowest BCUT2D eigenvalue weighted by Gasteiger charge is -2.09. The molecule has 0 atom stereocenters. The fourth-order valence-corrected chi connectivity index (χ4v) is 3.10. The molecule has 4 heteroatoms. The van der Waals surface area contributed by atoms with Gasteiger partial charge in [-0.1, -0.05) is 70.4 Å². The number of carbonyl (C=O) groups excluding carboxylic acids is 2. The molecule has 0 aromatic carbocycles. The Hall–Kier alpha value is -1.32. The Morgan fingerprint density at radius 2 is 1.48 bits per heavy atom. The summed E-state index contributed by atoms with van der Waals surface area (Å²) in [5, 5.41) is 0. The summed E-state index contributed by atoms with van der Waals surface area (Å²) in [4.78, 5) is 24.3. The summed E-state index contributed by atoms with van der Waals surface area (Å²) in [7, 11) is 0. The van der Waals surface area contributed by atoms with Gasteiger partial charge in [-0.25, -0.2) is 9.69 Å². The topological polar surface area (TPSA) is 46.6 Å².